The van der Waals surface area contributed by atoms with Gasteiger partial charge in [0.1, 0.15) is 6.04 Å². The third kappa shape index (κ3) is 3.24. The molecule has 0 aromatic carbocycles. The number of carbonyl (C=O) groups excluding carboxylic acids is 1. The van der Waals surface area contributed by atoms with Crippen LogP contribution in [0.4, 0.5) is 0 Å². The van der Waals surface area contributed by atoms with Crippen LogP contribution in [0.15, 0.2) is 0 Å². The molecule has 0 aliphatic carbocycles. The molecule has 0 aromatic rings. The average Bonchev–Trinajstić information content (AvgIpc) is 2.35. The smallest absolute Gasteiger partial charge is 0.326 e. The summed E-state index contributed by atoms with van der Waals surface area (Å²) >= 11 is 0. The Morgan fingerprint density at radius 1 is 1.33 bits per heavy atom. The van der Waals surface area contributed by atoms with Crippen LogP contribution in [0.3, 0.4) is 0 Å². The average molecular weight is 255 g/mol. The molecule has 3 atom stereocenters. The van der Waals surface area contributed by atoms with Gasteiger partial charge in [-0.1, -0.05) is 34.1 Å². The number of nitrogens with zero attached hydrogens (tertiary/aromatic N) is 1. The van der Waals surface area contributed by atoms with Crippen molar-refractivity contribution in [2.75, 3.05) is 6.54 Å². The van der Waals surface area contributed by atoms with Crippen LogP contribution in [0.1, 0.15) is 47.0 Å². The monoisotopic (exact) mass is 255 g/mol. The van der Waals surface area contributed by atoms with Gasteiger partial charge in [-0.15, -0.1) is 0 Å². The molecule has 18 heavy (non-hydrogen) atoms. The lowest BCUT2D eigenvalue weighted by Gasteiger charge is -2.38. The summed E-state index contributed by atoms with van der Waals surface area (Å²) in [5.74, 6) is -0.296. The zero-order valence-corrected chi connectivity index (χ0v) is 11.8. The molecule has 0 spiro atoms. The van der Waals surface area contributed by atoms with Gasteiger partial charge in [0.2, 0.25) is 5.91 Å². The van der Waals surface area contributed by atoms with E-state index in [1.807, 2.05) is 20.8 Å². The third-order valence-electron chi connectivity index (χ3n) is 4.25. The van der Waals surface area contributed by atoms with Crippen molar-refractivity contribution in [3.8, 4) is 0 Å². The Kier molecular flexibility index (Phi) is 5.17. The topological polar surface area (TPSA) is 57.6 Å². The van der Waals surface area contributed by atoms with Gasteiger partial charge < -0.3 is 10.0 Å². The Labute approximate surface area is 109 Å². The number of carboxylic acid groups (broad SMARTS) is 1. The van der Waals surface area contributed by atoms with E-state index in [4.69, 9.17) is 0 Å². The summed E-state index contributed by atoms with van der Waals surface area (Å²) in [6.07, 6.45) is 2.52. The fourth-order valence-electron chi connectivity index (χ4n) is 2.45. The van der Waals surface area contributed by atoms with Crippen LogP contribution in [-0.4, -0.2) is 34.5 Å². The number of piperidine rings is 1. The third-order valence-corrected chi connectivity index (χ3v) is 4.25. The largest absolute Gasteiger partial charge is 0.480 e. The lowest BCUT2D eigenvalue weighted by atomic mass is 9.87. The molecule has 0 bridgehead atoms. The highest BCUT2D eigenvalue weighted by atomic mass is 16.4. The SMILES string of the molecule is CCC1CCN(C(=O)C(C)C(C)C)C(C(=O)O)C1. The van der Waals surface area contributed by atoms with Crippen molar-refractivity contribution in [1.82, 2.24) is 4.90 Å². The molecule has 104 valence electrons. The van der Waals surface area contributed by atoms with E-state index >= 15 is 0 Å². The first-order valence-electron chi connectivity index (χ1n) is 6.91. The molecule has 0 radical (unpaired) electrons. The predicted octanol–water partition coefficient (Wildman–Crippen LogP) is 2.38. The van der Waals surface area contributed by atoms with Crippen molar-refractivity contribution in [2.45, 2.75) is 53.0 Å². The van der Waals surface area contributed by atoms with Crippen molar-refractivity contribution < 1.29 is 14.7 Å². The molecule has 4 heteroatoms. The number of carbonyl (C=O) groups is 2. The highest BCUT2D eigenvalue weighted by Crippen LogP contribution is 2.27. The number of aliphatic carboxylic acids is 1. The molecule has 3 unspecified atom stereocenters. The van der Waals surface area contributed by atoms with Crippen molar-refractivity contribution in [3.05, 3.63) is 0 Å². The summed E-state index contributed by atoms with van der Waals surface area (Å²) < 4.78 is 0. The van der Waals surface area contributed by atoms with Gasteiger partial charge in [0, 0.05) is 12.5 Å². The van der Waals surface area contributed by atoms with Crippen molar-refractivity contribution in [1.29, 1.82) is 0 Å². The second kappa shape index (κ2) is 6.21. The first-order valence-corrected chi connectivity index (χ1v) is 6.91. The van der Waals surface area contributed by atoms with Crippen LogP contribution < -0.4 is 0 Å². The molecule has 1 amide bonds. The van der Waals surface area contributed by atoms with Crippen LogP contribution in [0.5, 0.6) is 0 Å². The van der Waals surface area contributed by atoms with E-state index in [-0.39, 0.29) is 17.7 Å². The Hall–Kier alpha value is -1.06. The number of amides is 1. The van der Waals surface area contributed by atoms with Gasteiger partial charge in [0.15, 0.2) is 0 Å². The number of hydrogen-bond acceptors (Lipinski definition) is 2. The lowest BCUT2D eigenvalue weighted by molar-refractivity contribution is -0.155. The summed E-state index contributed by atoms with van der Waals surface area (Å²) in [5, 5.41) is 9.30. The van der Waals surface area contributed by atoms with Gasteiger partial charge in [0.05, 0.1) is 0 Å². The van der Waals surface area contributed by atoms with Gasteiger partial charge >= 0.3 is 5.97 Å². The van der Waals surface area contributed by atoms with Crippen molar-refractivity contribution >= 4 is 11.9 Å². The zero-order valence-electron chi connectivity index (χ0n) is 11.8. The van der Waals surface area contributed by atoms with E-state index in [9.17, 15) is 14.7 Å². The minimum Gasteiger partial charge on any atom is -0.480 e. The molecular weight excluding hydrogens is 230 g/mol. The fraction of sp³-hybridized carbons (Fsp3) is 0.857. The summed E-state index contributed by atoms with van der Waals surface area (Å²) in [5.41, 5.74) is 0. The van der Waals surface area contributed by atoms with Crippen LogP contribution in [-0.2, 0) is 9.59 Å². The summed E-state index contributed by atoms with van der Waals surface area (Å²) in [7, 11) is 0. The van der Waals surface area contributed by atoms with E-state index in [1.54, 1.807) is 4.90 Å². The Bertz CT molecular complexity index is 314. The van der Waals surface area contributed by atoms with Gasteiger partial charge in [-0.05, 0) is 24.7 Å². The predicted molar refractivity (Wildman–Crippen MR) is 70.2 cm³/mol. The van der Waals surface area contributed by atoms with Crippen LogP contribution >= 0.6 is 0 Å². The minimum absolute atomic E-state index is 0.00745. The second-order valence-corrected chi connectivity index (χ2v) is 5.72. The van der Waals surface area contributed by atoms with Crippen LogP contribution in [0.2, 0.25) is 0 Å². The molecule has 1 N–H and O–H groups in total. The number of carboxylic acids is 1. The van der Waals surface area contributed by atoms with E-state index < -0.39 is 12.0 Å². The Morgan fingerprint density at radius 3 is 2.39 bits per heavy atom. The molecule has 1 fully saturated rings. The molecule has 1 rings (SSSR count). The van der Waals surface area contributed by atoms with Crippen LogP contribution in [0.25, 0.3) is 0 Å². The van der Waals surface area contributed by atoms with Crippen LogP contribution in [0, 0.1) is 17.8 Å². The summed E-state index contributed by atoms with van der Waals surface area (Å²) in [6, 6.07) is -0.627. The number of likely N-dealkylation sites (tertiary alicyclic amines) is 1. The van der Waals surface area contributed by atoms with E-state index in [2.05, 4.69) is 6.92 Å². The Morgan fingerprint density at radius 2 is 1.94 bits per heavy atom. The zero-order chi connectivity index (χ0) is 13.9. The Balaban J connectivity index is 2.80. The molecule has 4 nitrogen and oxygen atoms in total. The molecule has 0 saturated carbocycles. The molecule has 1 saturated heterocycles. The van der Waals surface area contributed by atoms with E-state index in [0.29, 0.717) is 18.9 Å². The maximum absolute atomic E-state index is 12.3. The highest BCUT2D eigenvalue weighted by Gasteiger charge is 2.37. The fourth-order valence-corrected chi connectivity index (χ4v) is 2.45. The second-order valence-electron chi connectivity index (χ2n) is 5.72. The molecular formula is C14H25NO3. The van der Waals surface area contributed by atoms with Gasteiger partial charge in [-0.2, -0.15) is 0 Å². The van der Waals surface area contributed by atoms with Gasteiger partial charge in [-0.25, -0.2) is 4.79 Å². The van der Waals surface area contributed by atoms with Gasteiger partial charge in [0.25, 0.3) is 0 Å². The molecule has 1 heterocycles. The summed E-state index contributed by atoms with van der Waals surface area (Å²) in [4.78, 5) is 25.2. The number of rotatable bonds is 4. The van der Waals surface area contributed by atoms with Crippen molar-refractivity contribution in [3.63, 3.8) is 0 Å². The highest BCUT2D eigenvalue weighted by molar-refractivity contribution is 5.85. The maximum atomic E-state index is 12.3. The first-order chi connectivity index (χ1) is 8.38. The van der Waals surface area contributed by atoms with Crippen molar-refractivity contribution in [2.24, 2.45) is 17.8 Å². The molecule has 0 aromatic heterocycles. The lowest BCUT2D eigenvalue weighted by Crippen LogP contribution is -2.52. The van der Waals surface area contributed by atoms with Gasteiger partial charge in [-0.3, -0.25) is 4.79 Å². The quantitative estimate of drug-likeness (QED) is 0.839. The first kappa shape index (κ1) is 15.0. The normalized spacial score (nSPS) is 26.2. The van der Waals surface area contributed by atoms with E-state index in [1.165, 1.54) is 0 Å². The standard InChI is InChI=1S/C14H25NO3/c1-5-11-6-7-15(12(8-11)14(17)18)13(16)10(4)9(2)3/h9-12H,5-8H2,1-4H3,(H,17,18). The summed E-state index contributed by atoms with van der Waals surface area (Å²) in [6.45, 7) is 8.55. The number of hydrogen-bond donors (Lipinski definition) is 1. The van der Waals surface area contributed by atoms with E-state index in [0.717, 1.165) is 12.8 Å². The maximum Gasteiger partial charge on any atom is 0.326 e. The molecule has 1 aliphatic rings. The molecule has 1 aliphatic heterocycles. The minimum atomic E-state index is -0.863.